The highest BCUT2D eigenvalue weighted by molar-refractivity contribution is 6.05. The topological polar surface area (TPSA) is 66.8 Å². The van der Waals surface area contributed by atoms with Gasteiger partial charge in [0.15, 0.2) is 5.78 Å². The van der Waals surface area contributed by atoms with Gasteiger partial charge in [-0.15, -0.1) is 0 Å². The van der Waals surface area contributed by atoms with Crippen molar-refractivity contribution in [2.45, 2.75) is 46.6 Å². The molecule has 1 aromatic carbocycles. The average molecular weight is 290 g/mol. The van der Waals surface area contributed by atoms with E-state index in [1.807, 2.05) is 33.8 Å². The molecule has 0 aromatic heterocycles. The average Bonchev–Trinajstić information content (AvgIpc) is 2.43. The Morgan fingerprint density at radius 2 is 1.95 bits per heavy atom. The minimum absolute atomic E-state index is 0.0463. The summed E-state index contributed by atoms with van der Waals surface area (Å²) in [7, 11) is 0. The third-order valence-corrected chi connectivity index (χ3v) is 4.00. The molecule has 1 heterocycles. The van der Waals surface area contributed by atoms with Gasteiger partial charge in [0.2, 0.25) is 0 Å². The van der Waals surface area contributed by atoms with Crippen LogP contribution in [-0.2, 0) is 0 Å². The minimum Gasteiger partial charge on any atom is -0.507 e. The monoisotopic (exact) mass is 290 g/mol. The Labute approximate surface area is 125 Å². The van der Waals surface area contributed by atoms with Gasteiger partial charge in [-0.1, -0.05) is 13.8 Å². The normalized spacial score (nSPS) is 17.0. The largest absolute Gasteiger partial charge is 0.507 e. The van der Waals surface area contributed by atoms with Crippen molar-refractivity contribution in [2.75, 3.05) is 0 Å². The number of ketones is 1. The molecule has 114 valence electrons. The van der Waals surface area contributed by atoms with Crippen LogP contribution >= 0.6 is 0 Å². The van der Waals surface area contributed by atoms with Crippen LogP contribution in [0.25, 0.3) is 6.08 Å². The Balaban J connectivity index is 2.74. The molecule has 21 heavy (non-hydrogen) atoms. The van der Waals surface area contributed by atoms with Crippen molar-refractivity contribution >= 4 is 11.9 Å². The molecule has 0 aliphatic carbocycles. The third kappa shape index (κ3) is 2.50. The fourth-order valence-corrected chi connectivity index (χ4v) is 2.35. The molecule has 1 atom stereocenters. The van der Waals surface area contributed by atoms with Crippen LogP contribution in [0.3, 0.4) is 0 Å². The number of Topliss-reactive ketones (excluding diaryl/α,β-unsaturated/α-hetero) is 1. The molecular weight excluding hydrogens is 268 g/mol. The zero-order chi connectivity index (χ0) is 15.9. The lowest BCUT2D eigenvalue weighted by Crippen LogP contribution is -2.29. The van der Waals surface area contributed by atoms with Crippen molar-refractivity contribution in [1.29, 1.82) is 0 Å². The smallest absolute Gasteiger partial charge is 0.173 e. The summed E-state index contributed by atoms with van der Waals surface area (Å²) in [6.07, 6.45) is 4.24. The van der Waals surface area contributed by atoms with Crippen molar-refractivity contribution < 1.29 is 19.7 Å². The van der Waals surface area contributed by atoms with Gasteiger partial charge in [-0.2, -0.15) is 0 Å². The summed E-state index contributed by atoms with van der Waals surface area (Å²) in [5, 5.41) is 20.5. The van der Waals surface area contributed by atoms with Gasteiger partial charge in [-0.3, -0.25) is 4.79 Å². The highest BCUT2D eigenvalue weighted by atomic mass is 16.5. The van der Waals surface area contributed by atoms with Crippen LogP contribution in [0.2, 0.25) is 0 Å². The van der Waals surface area contributed by atoms with E-state index in [9.17, 15) is 15.0 Å². The van der Waals surface area contributed by atoms with Crippen molar-refractivity contribution in [3.8, 4) is 17.2 Å². The molecule has 0 saturated carbocycles. The number of ether oxygens (including phenoxy) is 1. The second-order valence-corrected chi connectivity index (χ2v) is 6.15. The zero-order valence-corrected chi connectivity index (χ0v) is 13.2. The summed E-state index contributed by atoms with van der Waals surface area (Å²) in [5.74, 6) is -0.354. The van der Waals surface area contributed by atoms with E-state index in [0.29, 0.717) is 17.5 Å². The second kappa shape index (κ2) is 5.10. The predicted octanol–water partition coefficient (Wildman–Crippen LogP) is 3.82. The SMILES string of the molecule is CCC(C)C(=O)c1c(O)c(C)c(O)c2c1OC(C)(C)C=C2. The lowest BCUT2D eigenvalue weighted by molar-refractivity contribution is 0.0910. The predicted molar refractivity (Wildman–Crippen MR) is 82.0 cm³/mol. The van der Waals surface area contributed by atoms with Gasteiger partial charge in [-0.25, -0.2) is 0 Å². The molecule has 1 unspecified atom stereocenters. The number of aromatic hydroxyl groups is 2. The molecule has 1 aliphatic heterocycles. The second-order valence-electron chi connectivity index (χ2n) is 6.15. The standard InChI is InChI=1S/C17H22O4/c1-6-9(2)13(18)12-15(20)10(3)14(19)11-7-8-17(4,5)21-16(11)12/h7-9,19-20H,6H2,1-5H3. The van der Waals surface area contributed by atoms with Gasteiger partial charge in [0.25, 0.3) is 0 Å². The van der Waals surface area contributed by atoms with Crippen LogP contribution in [0.15, 0.2) is 6.08 Å². The van der Waals surface area contributed by atoms with E-state index < -0.39 is 5.60 Å². The summed E-state index contributed by atoms with van der Waals surface area (Å²) in [6, 6.07) is 0. The molecule has 4 heteroatoms. The maximum absolute atomic E-state index is 12.6. The van der Waals surface area contributed by atoms with E-state index in [1.165, 1.54) is 0 Å². The summed E-state index contributed by atoms with van der Waals surface area (Å²) in [5.41, 5.74) is 0.336. The minimum atomic E-state index is -0.592. The highest BCUT2D eigenvalue weighted by Crippen LogP contribution is 2.47. The van der Waals surface area contributed by atoms with E-state index in [0.717, 1.165) is 0 Å². The molecule has 0 fully saturated rings. The summed E-state index contributed by atoms with van der Waals surface area (Å²) >= 11 is 0. The number of hydrogen-bond acceptors (Lipinski definition) is 4. The van der Waals surface area contributed by atoms with Gasteiger partial charge >= 0.3 is 0 Å². The number of carbonyl (C=O) groups is 1. The summed E-state index contributed by atoms with van der Waals surface area (Å²) in [4.78, 5) is 12.6. The molecule has 1 aromatic rings. The number of hydrogen-bond donors (Lipinski definition) is 2. The molecular formula is C17H22O4. The molecule has 2 N–H and O–H groups in total. The van der Waals surface area contributed by atoms with E-state index in [4.69, 9.17) is 4.74 Å². The highest BCUT2D eigenvalue weighted by Gasteiger charge is 2.33. The Morgan fingerprint density at radius 3 is 2.52 bits per heavy atom. The molecule has 0 radical (unpaired) electrons. The first-order chi connectivity index (χ1) is 9.69. The molecule has 0 saturated heterocycles. The Kier molecular flexibility index (Phi) is 3.74. The van der Waals surface area contributed by atoms with E-state index >= 15 is 0 Å². The first-order valence-electron chi connectivity index (χ1n) is 7.20. The number of rotatable bonds is 3. The van der Waals surface area contributed by atoms with E-state index in [1.54, 1.807) is 13.0 Å². The number of phenols is 2. The van der Waals surface area contributed by atoms with Crippen LogP contribution in [0.4, 0.5) is 0 Å². The number of benzene rings is 1. The van der Waals surface area contributed by atoms with Crippen LogP contribution in [0, 0.1) is 12.8 Å². The fourth-order valence-electron chi connectivity index (χ4n) is 2.35. The van der Waals surface area contributed by atoms with Gasteiger partial charge < -0.3 is 14.9 Å². The number of carbonyl (C=O) groups excluding carboxylic acids is 1. The van der Waals surface area contributed by atoms with Crippen molar-refractivity contribution in [1.82, 2.24) is 0 Å². The summed E-state index contributed by atoms with van der Waals surface area (Å²) < 4.78 is 5.86. The van der Waals surface area contributed by atoms with Gasteiger partial charge in [0.1, 0.15) is 28.4 Å². The first kappa shape index (κ1) is 15.4. The quantitative estimate of drug-likeness (QED) is 0.830. The summed E-state index contributed by atoms with van der Waals surface area (Å²) in [6.45, 7) is 9.05. The Hall–Kier alpha value is -1.97. The molecule has 2 rings (SSSR count). The van der Waals surface area contributed by atoms with Crippen molar-refractivity contribution in [3.63, 3.8) is 0 Å². The van der Waals surface area contributed by atoms with Gasteiger partial charge in [0.05, 0.1) is 5.56 Å². The van der Waals surface area contributed by atoms with Crippen LogP contribution in [0.1, 0.15) is 55.6 Å². The van der Waals surface area contributed by atoms with E-state index in [-0.39, 0.29) is 34.5 Å². The van der Waals surface area contributed by atoms with Gasteiger partial charge in [-0.05, 0) is 39.3 Å². The molecule has 0 spiro atoms. The number of fused-ring (bicyclic) bond motifs is 1. The fraction of sp³-hybridized carbons (Fsp3) is 0.471. The zero-order valence-electron chi connectivity index (χ0n) is 13.2. The first-order valence-corrected chi connectivity index (χ1v) is 7.20. The molecule has 0 amide bonds. The van der Waals surface area contributed by atoms with Crippen LogP contribution in [0.5, 0.6) is 17.2 Å². The molecule has 4 nitrogen and oxygen atoms in total. The van der Waals surface area contributed by atoms with Gasteiger partial charge in [0, 0.05) is 11.5 Å². The van der Waals surface area contributed by atoms with Crippen LogP contribution < -0.4 is 4.74 Å². The maximum atomic E-state index is 12.6. The third-order valence-electron chi connectivity index (χ3n) is 4.00. The lowest BCUT2D eigenvalue weighted by atomic mass is 9.89. The van der Waals surface area contributed by atoms with E-state index in [2.05, 4.69) is 0 Å². The van der Waals surface area contributed by atoms with Crippen LogP contribution in [-0.4, -0.2) is 21.6 Å². The number of phenolic OH excluding ortho intramolecular Hbond substituents is 2. The van der Waals surface area contributed by atoms with Crippen molar-refractivity contribution in [3.05, 3.63) is 22.8 Å². The molecule has 1 aliphatic rings. The Morgan fingerprint density at radius 1 is 1.33 bits per heavy atom. The molecule has 0 bridgehead atoms. The Bertz CT molecular complexity index is 626. The van der Waals surface area contributed by atoms with Crippen molar-refractivity contribution in [2.24, 2.45) is 5.92 Å². The maximum Gasteiger partial charge on any atom is 0.173 e. The lowest BCUT2D eigenvalue weighted by Gasteiger charge is -2.31.